The molecule has 0 aliphatic heterocycles. The van der Waals surface area contributed by atoms with Crippen LogP contribution in [-0.4, -0.2) is 17.3 Å². The quantitative estimate of drug-likeness (QED) is 0.264. The largest absolute Gasteiger partial charge is 0.458 e. The summed E-state index contributed by atoms with van der Waals surface area (Å²) >= 11 is 0. The molecule has 4 aromatic carbocycles. The topological polar surface area (TPSA) is 38.7 Å². The van der Waals surface area contributed by atoms with Crippen molar-refractivity contribution in [1.29, 1.82) is 0 Å². The molecule has 4 rings (SSSR count). The first kappa shape index (κ1) is 21.5. The van der Waals surface area contributed by atoms with Crippen LogP contribution in [0.2, 0.25) is 0 Å². The summed E-state index contributed by atoms with van der Waals surface area (Å²) in [6.45, 7) is 5.63. The zero-order valence-corrected chi connectivity index (χ0v) is 18.7. The van der Waals surface area contributed by atoms with Crippen molar-refractivity contribution in [3.8, 4) is 0 Å². The molecule has 0 radical (unpaired) electrons. The molecular weight excluding hydrogens is 394 g/mol. The van der Waals surface area contributed by atoms with Crippen molar-refractivity contribution in [2.75, 3.05) is 0 Å². The molecule has 1 atom stereocenters. The van der Waals surface area contributed by atoms with Gasteiger partial charge >= 0.3 is 5.97 Å². The van der Waals surface area contributed by atoms with Gasteiger partial charge in [0.05, 0.1) is 5.71 Å². The summed E-state index contributed by atoms with van der Waals surface area (Å²) in [4.78, 5) is 18.4. The van der Waals surface area contributed by atoms with Crippen molar-refractivity contribution in [2.45, 2.75) is 32.4 Å². The van der Waals surface area contributed by atoms with Crippen LogP contribution in [0.25, 0.3) is 10.8 Å². The van der Waals surface area contributed by atoms with E-state index in [1.165, 1.54) is 0 Å². The molecule has 0 saturated heterocycles. The Balaban J connectivity index is 1.88. The van der Waals surface area contributed by atoms with Crippen LogP contribution in [0.15, 0.2) is 108 Å². The fourth-order valence-corrected chi connectivity index (χ4v) is 3.64. The van der Waals surface area contributed by atoms with E-state index in [9.17, 15) is 4.79 Å². The highest BCUT2D eigenvalue weighted by atomic mass is 16.6. The molecule has 3 nitrogen and oxygen atoms in total. The van der Waals surface area contributed by atoms with E-state index in [1.54, 1.807) is 0 Å². The smallest absolute Gasteiger partial charge is 0.336 e. The second-order valence-corrected chi connectivity index (χ2v) is 8.75. The SMILES string of the molecule is CC(C)(C)OC(=O)[C@@H](N=C(c1ccccc1)c1ccccc1)c1ccc2ccccc2c1. The summed E-state index contributed by atoms with van der Waals surface area (Å²) in [7, 11) is 0. The average Bonchev–Trinajstić information content (AvgIpc) is 2.79. The van der Waals surface area contributed by atoms with Crippen molar-refractivity contribution >= 4 is 22.5 Å². The van der Waals surface area contributed by atoms with E-state index >= 15 is 0 Å². The Labute approximate surface area is 189 Å². The van der Waals surface area contributed by atoms with Crippen LogP contribution in [0.5, 0.6) is 0 Å². The summed E-state index contributed by atoms with van der Waals surface area (Å²) in [5.41, 5.74) is 2.86. The third-order valence-corrected chi connectivity index (χ3v) is 5.07. The Morgan fingerprint density at radius 2 is 1.25 bits per heavy atom. The number of fused-ring (bicyclic) bond motifs is 1. The number of nitrogens with zero attached hydrogens (tertiary/aromatic N) is 1. The molecule has 0 bridgehead atoms. The molecule has 0 N–H and O–H groups in total. The number of rotatable bonds is 5. The van der Waals surface area contributed by atoms with Gasteiger partial charge in [0.1, 0.15) is 5.60 Å². The van der Waals surface area contributed by atoms with Gasteiger partial charge in [-0.1, -0.05) is 97.1 Å². The predicted octanol–water partition coefficient (Wildman–Crippen LogP) is 6.76. The first-order chi connectivity index (χ1) is 15.4. The maximum absolute atomic E-state index is 13.4. The van der Waals surface area contributed by atoms with Crippen molar-refractivity contribution in [2.24, 2.45) is 4.99 Å². The van der Waals surface area contributed by atoms with E-state index in [2.05, 4.69) is 6.07 Å². The van der Waals surface area contributed by atoms with Crippen molar-refractivity contribution in [1.82, 2.24) is 0 Å². The van der Waals surface area contributed by atoms with Gasteiger partial charge in [-0.25, -0.2) is 4.79 Å². The van der Waals surface area contributed by atoms with Crippen LogP contribution in [0, 0.1) is 0 Å². The van der Waals surface area contributed by atoms with E-state index in [-0.39, 0.29) is 5.97 Å². The summed E-state index contributed by atoms with van der Waals surface area (Å²) in [5, 5.41) is 2.18. The minimum atomic E-state index is -0.783. The third kappa shape index (κ3) is 5.12. The van der Waals surface area contributed by atoms with Gasteiger partial charge in [-0.05, 0) is 43.2 Å². The Morgan fingerprint density at radius 3 is 1.81 bits per heavy atom. The molecule has 0 saturated carbocycles. The standard InChI is InChI=1S/C29H27NO2/c1-29(2,3)32-28(31)27(25-19-18-21-12-10-11-17-24(21)20-25)30-26(22-13-6-4-7-14-22)23-15-8-5-9-16-23/h4-20,27H,1-3H3/t27-/m0/s1. The molecule has 0 aliphatic rings. The number of benzene rings is 4. The molecule has 32 heavy (non-hydrogen) atoms. The molecule has 0 fully saturated rings. The van der Waals surface area contributed by atoms with Crippen molar-refractivity contribution < 1.29 is 9.53 Å². The summed E-state index contributed by atoms with van der Waals surface area (Å²) in [6, 6.07) is 33.3. The Bertz CT molecular complexity index is 1200. The zero-order valence-electron chi connectivity index (χ0n) is 18.7. The van der Waals surface area contributed by atoms with E-state index in [0.29, 0.717) is 0 Å². The molecule has 0 unspecified atom stereocenters. The van der Waals surface area contributed by atoms with Crippen LogP contribution in [-0.2, 0) is 9.53 Å². The number of esters is 1. The number of carbonyl (C=O) groups excluding carboxylic acids is 1. The lowest BCUT2D eigenvalue weighted by Gasteiger charge is -2.23. The zero-order chi connectivity index (χ0) is 22.6. The van der Waals surface area contributed by atoms with Crippen LogP contribution in [0.1, 0.15) is 43.5 Å². The van der Waals surface area contributed by atoms with E-state index < -0.39 is 11.6 Å². The van der Waals surface area contributed by atoms with Gasteiger partial charge in [0.2, 0.25) is 0 Å². The van der Waals surface area contributed by atoms with Gasteiger partial charge in [0.15, 0.2) is 6.04 Å². The second kappa shape index (κ2) is 9.19. The molecule has 0 aliphatic carbocycles. The summed E-state index contributed by atoms with van der Waals surface area (Å²) in [5.74, 6) is -0.364. The molecule has 0 aromatic heterocycles. The lowest BCUT2D eigenvalue weighted by atomic mass is 9.99. The molecule has 4 aromatic rings. The average molecular weight is 422 g/mol. The lowest BCUT2D eigenvalue weighted by molar-refractivity contribution is -0.156. The molecule has 160 valence electrons. The molecule has 0 heterocycles. The van der Waals surface area contributed by atoms with Gasteiger partial charge in [-0.15, -0.1) is 0 Å². The van der Waals surface area contributed by atoms with Gasteiger partial charge in [0, 0.05) is 11.1 Å². The van der Waals surface area contributed by atoms with E-state index in [4.69, 9.17) is 9.73 Å². The van der Waals surface area contributed by atoms with Crippen LogP contribution in [0.3, 0.4) is 0 Å². The summed E-state index contributed by atoms with van der Waals surface area (Å²) in [6.07, 6.45) is 0. The predicted molar refractivity (Wildman–Crippen MR) is 131 cm³/mol. The van der Waals surface area contributed by atoms with Gasteiger partial charge in [-0.2, -0.15) is 0 Å². The van der Waals surface area contributed by atoms with Gasteiger partial charge < -0.3 is 4.74 Å². The normalized spacial score (nSPS) is 12.2. The maximum atomic E-state index is 13.4. The van der Waals surface area contributed by atoms with Gasteiger partial charge in [-0.3, -0.25) is 4.99 Å². The number of carbonyl (C=O) groups is 1. The fraction of sp³-hybridized carbons (Fsp3) is 0.172. The van der Waals surface area contributed by atoms with Gasteiger partial charge in [0.25, 0.3) is 0 Å². The highest BCUT2D eigenvalue weighted by Gasteiger charge is 2.27. The number of ether oxygens (including phenoxy) is 1. The highest BCUT2D eigenvalue weighted by Crippen LogP contribution is 2.28. The van der Waals surface area contributed by atoms with Crippen molar-refractivity contribution in [3.63, 3.8) is 0 Å². The Hall–Kier alpha value is -3.72. The van der Waals surface area contributed by atoms with Crippen LogP contribution >= 0.6 is 0 Å². The van der Waals surface area contributed by atoms with E-state index in [1.807, 2.05) is 118 Å². The minimum Gasteiger partial charge on any atom is -0.458 e. The monoisotopic (exact) mass is 421 g/mol. The first-order valence-electron chi connectivity index (χ1n) is 10.8. The third-order valence-electron chi connectivity index (χ3n) is 5.07. The Kier molecular flexibility index (Phi) is 6.18. The highest BCUT2D eigenvalue weighted by molar-refractivity contribution is 6.13. The van der Waals surface area contributed by atoms with Crippen molar-refractivity contribution in [3.05, 3.63) is 120 Å². The lowest BCUT2D eigenvalue weighted by Crippen LogP contribution is -2.28. The molecule has 3 heteroatoms. The maximum Gasteiger partial charge on any atom is 0.336 e. The van der Waals surface area contributed by atoms with Crippen LogP contribution < -0.4 is 0 Å². The number of aliphatic imine (C=N–C) groups is 1. The molecule has 0 spiro atoms. The molecule has 0 amide bonds. The second-order valence-electron chi connectivity index (χ2n) is 8.75. The summed E-state index contributed by atoms with van der Waals surface area (Å²) < 4.78 is 5.79. The molecular formula is C29H27NO2. The number of hydrogen-bond donors (Lipinski definition) is 0. The fourth-order valence-electron chi connectivity index (χ4n) is 3.64. The minimum absolute atomic E-state index is 0.364. The number of hydrogen-bond acceptors (Lipinski definition) is 3. The Morgan fingerprint density at radius 1 is 0.719 bits per heavy atom. The van der Waals surface area contributed by atoms with E-state index in [0.717, 1.165) is 33.2 Å². The first-order valence-corrected chi connectivity index (χ1v) is 10.8. The van der Waals surface area contributed by atoms with Crippen LogP contribution in [0.4, 0.5) is 0 Å².